The van der Waals surface area contributed by atoms with E-state index < -0.39 is 0 Å². The van der Waals surface area contributed by atoms with Gasteiger partial charge >= 0.3 is 0 Å². The summed E-state index contributed by atoms with van der Waals surface area (Å²) in [6, 6.07) is 2.95. The van der Waals surface area contributed by atoms with E-state index in [2.05, 4.69) is 24.6 Å². The molecule has 2 N–H and O–H groups in total. The van der Waals surface area contributed by atoms with Gasteiger partial charge in [-0.15, -0.1) is 0 Å². The van der Waals surface area contributed by atoms with Crippen molar-refractivity contribution in [3.8, 4) is 0 Å². The Morgan fingerprint density at radius 3 is 2.56 bits per heavy atom. The van der Waals surface area contributed by atoms with Crippen LogP contribution in [0.5, 0.6) is 0 Å². The molecule has 0 bridgehead atoms. The first kappa shape index (κ1) is 13.6. The summed E-state index contributed by atoms with van der Waals surface area (Å²) in [7, 11) is 0. The van der Waals surface area contributed by atoms with Gasteiger partial charge in [0.05, 0.1) is 11.7 Å². The molecule has 0 aliphatic heterocycles. The van der Waals surface area contributed by atoms with Gasteiger partial charge in [0, 0.05) is 11.7 Å². The molecule has 18 heavy (non-hydrogen) atoms. The van der Waals surface area contributed by atoms with Crippen molar-refractivity contribution >= 4 is 0 Å². The lowest BCUT2D eigenvalue weighted by Crippen LogP contribution is -2.34. The minimum absolute atomic E-state index is 0.278. The van der Waals surface area contributed by atoms with Gasteiger partial charge in [0.25, 0.3) is 0 Å². The fraction of sp³-hybridized carbons (Fsp3) is 0.800. The van der Waals surface area contributed by atoms with Gasteiger partial charge in [-0.2, -0.15) is 5.10 Å². The van der Waals surface area contributed by atoms with Crippen molar-refractivity contribution in [2.75, 3.05) is 0 Å². The van der Waals surface area contributed by atoms with Gasteiger partial charge in [0.15, 0.2) is 0 Å². The second-order valence-corrected chi connectivity index (χ2v) is 5.50. The average Bonchev–Trinajstić information content (AvgIpc) is 2.77. The fourth-order valence-corrected chi connectivity index (χ4v) is 3.01. The van der Waals surface area contributed by atoms with Gasteiger partial charge in [-0.3, -0.25) is 4.68 Å². The lowest BCUT2D eigenvalue weighted by molar-refractivity contribution is 0.300. The van der Waals surface area contributed by atoms with Crippen LogP contribution < -0.4 is 5.73 Å². The SMILES string of the molecule is CCc1cc(CC)n(C2CCCCCCC2N)n1. The first-order valence-corrected chi connectivity index (χ1v) is 7.59. The smallest absolute Gasteiger partial charge is 0.0673 e. The van der Waals surface area contributed by atoms with E-state index in [-0.39, 0.29) is 6.04 Å². The molecule has 3 heteroatoms. The first-order chi connectivity index (χ1) is 8.76. The van der Waals surface area contributed by atoms with Crippen molar-refractivity contribution in [2.24, 2.45) is 5.73 Å². The Morgan fingerprint density at radius 2 is 1.89 bits per heavy atom. The second kappa shape index (κ2) is 6.37. The maximum Gasteiger partial charge on any atom is 0.0673 e. The van der Waals surface area contributed by atoms with Gasteiger partial charge in [-0.1, -0.05) is 39.5 Å². The van der Waals surface area contributed by atoms with Gasteiger partial charge < -0.3 is 5.73 Å². The number of nitrogens with two attached hydrogens (primary N) is 1. The summed E-state index contributed by atoms with van der Waals surface area (Å²) in [4.78, 5) is 0. The van der Waals surface area contributed by atoms with E-state index in [0.29, 0.717) is 6.04 Å². The Bertz CT molecular complexity index is 370. The summed E-state index contributed by atoms with van der Waals surface area (Å²) in [6.07, 6.45) is 9.68. The Hall–Kier alpha value is -0.830. The van der Waals surface area contributed by atoms with Crippen LogP contribution in [-0.4, -0.2) is 15.8 Å². The Kier molecular flexibility index (Phi) is 4.81. The van der Waals surface area contributed by atoms with Crippen LogP contribution in [0.25, 0.3) is 0 Å². The molecular weight excluding hydrogens is 222 g/mol. The molecule has 1 fully saturated rings. The van der Waals surface area contributed by atoms with Gasteiger partial charge in [-0.25, -0.2) is 0 Å². The summed E-state index contributed by atoms with van der Waals surface area (Å²) in [5.74, 6) is 0. The minimum atomic E-state index is 0.278. The minimum Gasteiger partial charge on any atom is -0.326 e. The van der Waals surface area contributed by atoms with Crippen LogP contribution >= 0.6 is 0 Å². The van der Waals surface area contributed by atoms with Crippen LogP contribution in [0.3, 0.4) is 0 Å². The second-order valence-electron chi connectivity index (χ2n) is 5.50. The normalized spacial score (nSPS) is 25.7. The highest BCUT2D eigenvalue weighted by Crippen LogP contribution is 2.27. The zero-order chi connectivity index (χ0) is 13.0. The number of rotatable bonds is 3. The van der Waals surface area contributed by atoms with Crippen LogP contribution in [0.2, 0.25) is 0 Å². The highest BCUT2D eigenvalue weighted by atomic mass is 15.3. The zero-order valence-corrected chi connectivity index (χ0v) is 11.9. The molecule has 3 nitrogen and oxygen atoms in total. The molecule has 2 atom stereocenters. The Balaban J connectivity index is 2.23. The lowest BCUT2D eigenvalue weighted by atomic mass is 9.93. The van der Waals surface area contributed by atoms with E-state index in [1.165, 1.54) is 43.5 Å². The molecule has 1 saturated carbocycles. The molecule has 1 aliphatic carbocycles. The summed E-state index contributed by atoms with van der Waals surface area (Å²) in [5.41, 5.74) is 8.96. The standard InChI is InChI=1S/C15H27N3/c1-3-12-11-13(4-2)18(17-12)15-10-8-6-5-7-9-14(15)16/h11,14-15H,3-10,16H2,1-2H3. The van der Waals surface area contributed by atoms with Crippen molar-refractivity contribution in [3.63, 3.8) is 0 Å². The third-order valence-corrected chi connectivity index (χ3v) is 4.18. The number of aryl methyl sites for hydroxylation is 2. The van der Waals surface area contributed by atoms with Crippen LogP contribution in [-0.2, 0) is 12.8 Å². The van der Waals surface area contributed by atoms with Crippen molar-refractivity contribution in [2.45, 2.75) is 77.3 Å². The average molecular weight is 249 g/mol. The van der Waals surface area contributed by atoms with Crippen LogP contribution in [0.1, 0.15) is 69.8 Å². The molecule has 1 aromatic rings. The highest BCUT2D eigenvalue weighted by molar-refractivity contribution is 5.12. The topological polar surface area (TPSA) is 43.8 Å². The molecule has 2 unspecified atom stereocenters. The van der Waals surface area contributed by atoms with Gasteiger partial charge in [0.2, 0.25) is 0 Å². The summed E-state index contributed by atoms with van der Waals surface area (Å²) in [6.45, 7) is 4.38. The van der Waals surface area contributed by atoms with E-state index >= 15 is 0 Å². The molecule has 102 valence electrons. The lowest BCUT2D eigenvalue weighted by Gasteiger charge is -2.28. The maximum atomic E-state index is 6.39. The maximum absolute atomic E-state index is 6.39. The van der Waals surface area contributed by atoms with E-state index in [0.717, 1.165) is 19.3 Å². The van der Waals surface area contributed by atoms with Crippen LogP contribution in [0.4, 0.5) is 0 Å². The third-order valence-electron chi connectivity index (χ3n) is 4.18. The number of hydrogen-bond acceptors (Lipinski definition) is 2. The summed E-state index contributed by atoms with van der Waals surface area (Å²) in [5, 5.41) is 4.78. The predicted molar refractivity (Wildman–Crippen MR) is 75.7 cm³/mol. The highest BCUT2D eigenvalue weighted by Gasteiger charge is 2.23. The van der Waals surface area contributed by atoms with E-state index in [4.69, 9.17) is 10.8 Å². The molecule has 0 saturated heterocycles. The van der Waals surface area contributed by atoms with Crippen molar-refractivity contribution < 1.29 is 0 Å². The molecular formula is C15H27N3. The molecule has 0 spiro atoms. The Morgan fingerprint density at radius 1 is 1.17 bits per heavy atom. The summed E-state index contributed by atoms with van der Waals surface area (Å²) < 4.78 is 2.24. The monoisotopic (exact) mass is 249 g/mol. The van der Waals surface area contributed by atoms with Gasteiger partial charge in [-0.05, 0) is 31.7 Å². The van der Waals surface area contributed by atoms with Crippen LogP contribution in [0, 0.1) is 0 Å². The quantitative estimate of drug-likeness (QED) is 0.893. The first-order valence-electron chi connectivity index (χ1n) is 7.59. The molecule has 1 aromatic heterocycles. The molecule has 0 amide bonds. The van der Waals surface area contributed by atoms with E-state index in [9.17, 15) is 0 Å². The predicted octanol–water partition coefficient (Wildman–Crippen LogP) is 3.23. The Labute approximate surface area is 111 Å². The van der Waals surface area contributed by atoms with E-state index in [1.807, 2.05) is 0 Å². The van der Waals surface area contributed by atoms with Gasteiger partial charge in [0.1, 0.15) is 0 Å². The zero-order valence-electron chi connectivity index (χ0n) is 11.9. The molecule has 2 rings (SSSR count). The number of hydrogen-bond donors (Lipinski definition) is 1. The molecule has 1 aliphatic rings. The molecule has 0 aromatic carbocycles. The fourth-order valence-electron chi connectivity index (χ4n) is 3.01. The molecule has 0 radical (unpaired) electrons. The molecule has 1 heterocycles. The van der Waals surface area contributed by atoms with Crippen molar-refractivity contribution in [3.05, 3.63) is 17.5 Å². The third kappa shape index (κ3) is 2.94. The van der Waals surface area contributed by atoms with Crippen LogP contribution in [0.15, 0.2) is 6.07 Å². The van der Waals surface area contributed by atoms with E-state index in [1.54, 1.807) is 0 Å². The number of nitrogens with zero attached hydrogens (tertiary/aromatic N) is 2. The van der Waals surface area contributed by atoms with Crippen molar-refractivity contribution in [1.29, 1.82) is 0 Å². The number of aromatic nitrogens is 2. The van der Waals surface area contributed by atoms with Crippen molar-refractivity contribution in [1.82, 2.24) is 9.78 Å². The largest absolute Gasteiger partial charge is 0.326 e. The summed E-state index contributed by atoms with van der Waals surface area (Å²) >= 11 is 0.